The van der Waals surface area contributed by atoms with Gasteiger partial charge in [-0.1, -0.05) is 30.3 Å². The number of benzene rings is 2. The minimum absolute atomic E-state index is 0.0915. The van der Waals surface area contributed by atoms with Crippen LogP contribution in [0.3, 0.4) is 0 Å². The Morgan fingerprint density at radius 3 is 2.65 bits per heavy atom. The molecule has 0 unspecified atom stereocenters. The number of nitrogens with zero attached hydrogens (tertiary/aromatic N) is 3. The molecule has 0 aliphatic carbocycles. The second-order valence-corrected chi connectivity index (χ2v) is 5.74. The lowest BCUT2D eigenvalue weighted by atomic mass is 10.1. The average molecular weight is 349 g/mol. The van der Waals surface area contributed by atoms with Crippen molar-refractivity contribution in [2.24, 2.45) is 5.10 Å². The molecule has 0 saturated carbocycles. The van der Waals surface area contributed by atoms with Gasteiger partial charge in [0.2, 0.25) is 11.8 Å². The van der Waals surface area contributed by atoms with Gasteiger partial charge in [0.25, 0.3) is 0 Å². The van der Waals surface area contributed by atoms with Crippen LogP contribution in [0.5, 0.6) is 0 Å². The van der Waals surface area contributed by atoms with Crippen LogP contribution in [0.2, 0.25) is 0 Å². The largest absolute Gasteiger partial charge is 0.451 e. The van der Waals surface area contributed by atoms with E-state index in [-0.39, 0.29) is 31.1 Å². The van der Waals surface area contributed by atoms with E-state index in [9.17, 15) is 9.59 Å². The lowest BCUT2D eigenvalue weighted by Crippen LogP contribution is -2.34. The van der Waals surface area contributed by atoms with Gasteiger partial charge in [0.05, 0.1) is 5.69 Å². The van der Waals surface area contributed by atoms with Gasteiger partial charge in [0, 0.05) is 12.8 Å². The van der Waals surface area contributed by atoms with Gasteiger partial charge in [-0.15, -0.1) is 0 Å². The summed E-state index contributed by atoms with van der Waals surface area (Å²) in [5, 5.41) is 5.40. The zero-order chi connectivity index (χ0) is 17.9. The highest BCUT2D eigenvalue weighted by molar-refractivity contribution is 6.37. The van der Waals surface area contributed by atoms with Gasteiger partial charge in [0.15, 0.2) is 12.2 Å². The first-order valence-corrected chi connectivity index (χ1v) is 8.18. The number of carbonyl (C=O) groups excluding carboxylic acids is 2. The standard InChI is InChI=1S/C19H15N3O4/c23-18-11-10-15(21-22(18)13-6-2-1-3-7-13)19(24)25-12-17-20-14-8-4-5-9-16(14)26-17/h1-9H,10-12H2. The molecule has 0 radical (unpaired) electrons. The molecule has 1 aliphatic heterocycles. The molecule has 3 aromatic rings. The average Bonchev–Trinajstić information content (AvgIpc) is 3.10. The quantitative estimate of drug-likeness (QED) is 0.676. The van der Waals surface area contributed by atoms with Crippen molar-refractivity contribution in [2.45, 2.75) is 19.4 Å². The van der Waals surface area contributed by atoms with E-state index in [0.717, 1.165) is 0 Å². The van der Waals surface area contributed by atoms with Gasteiger partial charge in [0.1, 0.15) is 11.2 Å². The van der Waals surface area contributed by atoms with E-state index in [1.807, 2.05) is 24.3 Å². The van der Waals surface area contributed by atoms with Gasteiger partial charge in [-0.3, -0.25) is 4.79 Å². The summed E-state index contributed by atoms with van der Waals surface area (Å²) in [7, 11) is 0. The number of esters is 1. The first-order valence-electron chi connectivity index (χ1n) is 8.18. The summed E-state index contributed by atoms with van der Waals surface area (Å²) in [6.07, 6.45) is 0.445. The van der Waals surface area contributed by atoms with Gasteiger partial charge >= 0.3 is 5.97 Å². The van der Waals surface area contributed by atoms with E-state index in [0.29, 0.717) is 22.7 Å². The summed E-state index contributed by atoms with van der Waals surface area (Å²) in [6.45, 7) is -0.0915. The van der Waals surface area contributed by atoms with Gasteiger partial charge < -0.3 is 9.15 Å². The summed E-state index contributed by atoms with van der Waals surface area (Å²) >= 11 is 0. The van der Waals surface area contributed by atoms with Crippen LogP contribution in [0.1, 0.15) is 18.7 Å². The maximum atomic E-state index is 12.3. The van der Waals surface area contributed by atoms with Crippen molar-refractivity contribution in [1.29, 1.82) is 0 Å². The third-order valence-electron chi connectivity index (χ3n) is 3.93. The van der Waals surface area contributed by atoms with E-state index >= 15 is 0 Å². The van der Waals surface area contributed by atoms with E-state index in [2.05, 4.69) is 10.1 Å². The molecule has 0 fully saturated rings. The van der Waals surface area contributed by atoms with Gasteiger partial charge in [-0.2, -0.15) is 5.10 Å². The van der Waals surface area contributed by atoms with Crippen LogP contribution in [0.15, 0.2) is 64.1 Å². The Kier molecular flexibility index (Phi) is 4.18. The second kappa shape index (κ2) is 6.79. The van der Waals surface area contributed by atoms with Crippen molar-refractivity contribution >= 4 is 34.4 Å². The molecular weight excluding hydrogens is 334 g/mol. The van der Waals surface area contributed by atoms with Crippen molar-refractivity contribution in [3.05, 3.63) is 60.5 Å². The fraction of sp³-hybridized carbons (Fsp3) is 0.158. The summed E-state index contributed by atoms with van der Waals surface area (Å²) in [5.41, 5.74) is 2.15. The highest BCUT2D eigenvalue weighted by Crippen LogP contribution is 2.20. The molecule has 0 saturated heterocycles. The topological polar surface area (TPSA) is 85.0 Å². The molecule has 2 aromatic carbocycles. The van der Waals surface area contributed by atoms with Crippen LogP contribution in [0.25, 0.3) is 11.1 Å². The molecule has 2 heterocycles. The van der Waals surface area contributed by atoms with Crippen LogP contribution in [0.4, 0.5) is 5.69 Å². The van der Waals surface area contributed by atoms with Gasteiger partial charge in [-0.05, 0) is 24.3 Å². The number of rotatable bonds is 4. The smallest absolute Gasteiger partial charge is 0.355 e. The summed E-state index contributed by atoms with van der Waals surface area (Å²) < 4.78 is 10.8. The number of ether oxygens (including phenoxy) is 1. The van der Waals surface area contributed by atoms with Crippen molar-refractivity contribution in [2.75, 3.05) is 5.01 Å². The number of amides is 1. The van der Waals surface area contributed by atoms with Crippen molar-refractivity contribution in [3.63, 3.8) is 0 Å². The normalized spacial score (nSPS) is 14.4. The number of anilines is 1. The Hall–Kier alpha value is -3.48. The van der Waals surface area contributed by atoms with E-state index in [1.54, 1.807) is 30.3 Å². The Balaban J connectivity index is 1.47. The molecule has 130 valence electrons. The number of hydrazone groups is 1. The number of carbonyl (C=O) groups is 2. The predicted octanol–water partition coefficient (Wildman–Crippen LogP) is 3.05. The van der Waals surface area contributed by atoms with E-state index in [1.165, 1.54) is 5.01 Å². The molecule has 0 atom stereocenters. The summed E-state index contributed by atoms with van der Waals surface area (Å²) in [4.78, 5) is 28.6. The van der Waals surface area contributed by atoms with Crippen LogP contribution in [-0.2, 0) is 20.9 Å². The van der Waals surface area contributed by atoms with Crippen LogP contribution in [0, 0.1) is 0 Å². The Morgan fingerprint density at radius 2 is 1.85 bits per heavy atom. The van der Waals surface area contributed by atoms with Crippen LogP contribution < -0.4 is 5.01 Å². The fourth-order valence-corrected chi connectivity index (χ4v) is 2.66. The minimum Gasteiger partial charge on any atom is -0.451 e. The molecule has 7 nitrogen and oxygen atoms in total. The molecule has 1 aromatic heterocycles. The lowest BCUT2D eigenvalue weighted by Gasteiger charge is -2.22. The Morgan fingerprint density at radius 1 is 1.08 bits per heavy atom. The molecular formula is C19H15N3O4. The maximum absolute atomic E-state index is 12.3. The number of hydrogen-bond donors (Lipinski definition) is 0. The SMILES string of the molecule is O=C(OCc1nc2ccccc2o1)C1=NN(c2ccccc2)C(=O)CC1. The molecule has 1 amide bonds. The maximum Gasteiger partial charge on any atom is 0.355 e. The molecule has 0 spiro atoms. The zero-order valence-corrected chi connectivity index (χ0v) is 13.8. The lowest BCUT2D eigenvalue weighted by molar-refractivity contribution is -0.137. The number of hydrogen-bond acceptors (Lipinski definition) is 6. The molecule has 0 bridgehead atoms. The Bertz CT molecular complexity index is 961. The number of oxazole rings is 1. The minimum atomic E-state index is -0.583. The molecule has 1 aliphatic rings. The van der Waals surface area contributed by atoms with Gasteiger partial charge in [-0.25, -0.2) is 14.8 Å². The summed E-state index contributed by atoms with van der Waals surface area (Å²) in [6, 6.07) is 16.3. The molecule has 7 heteroatoms. The third kappa shape index (κ3) is 3.19. The predicted molar refractivity (Wildman–Crippen MR) is 94.4 cm³/mol. The van der Waals surface area contributed by atoms with E-state index < -0.39 is 5.97 Å². The fourth-order valence-electron chi connectivity index (χ4n) is 2.66. The van der Waals surface area contributed by atoms with Crippen molar-refractivity contribution in [1.82, 2.24) is 4.98 Å². The number of fused-ring (bicyclic) bond motifs is 1. The molecule has 0 N–H and O–H groups in total. The first kappa shape index (κ1) is 16.0. The third-order valence-corrected chi connectivity index (χ3v) is 3.93. The highest BCUT2D eigenvalue weighted by Gasteiger charge is 2.26. The molecule has 26 heavy (non-hydrogen) atoms. The Labute approximate surface area is 148 Å². The van der Waals surface area contributed by atoms with Crippen molar-refractivity contribution < 1.29 is 18.7 Å². The second-order valence-electron chi connectivity index (χ2n) is 5.74. The van der Waals surface area contributed by atoms with Crippen LogP contribution >= 0.6 is 0 Å². The number of para-hydroxylation sites is 3. The highest BCUT2D eigenvalue weighted by atomic mass is 16.5. The molecule has 4 rings (SSSR count). The van der Waals surface area contributed by atoms with Crippen molar-refractivity contribution in [3.8, 4) is 0 Å². The van der Waals surface area contributed by atoms with E-state index in [4.69, 9.17) is 9.15 Å². The van der Waals surface area contributed by atoms with Crippen LogP contribution in [-0.4, -0.2) is 22.6 Å². The zero-order valence-electron chi connectivity index (χ0n) is 13.8. The summed E-state index contributed by atoms with van der Waals surface area (Å²) in [5.74, 6) is -0.431. The first-order chi connectivity index (χ1) is 12.7. The number of aromatic nitrogens is 1. The monoisotopic (exact) mass is 349 g/mol.